The topological polar surface area (TPSA) is 49.6 Å². The molecule has 2 aromatic carbocycles. The Morgan fingerprint density at radius 2 is 1.87 bits per heavy atom. The number of oxazole rings is 1. The van der Waals surface area contributed by atoms with Gasteiger partial charge in [-0.1, -0.05) is 23.7 Å². The van der Waals surface area contributed by atoms with E-state index in [0.29, 0.717) is 37.6 Å². The minimum atomic E-state index is -0.295. The van der Waals surface area contributed by atoms with Crippen molar-refractivity contribution in [2.24, 2.45) is 0 Å². The molecule has 0 spiro atoms. The lowest BCUT2D eigenvalue weighted by Gasteiger charge is -2.34. The molecule has 30 heavy (non-hydrogen) atoms. The molecule has 0 N–H and O–H groups in total. The molecule has 1 amide bonds. The predicted molar refractivity (Wildman–Crippen MR) is 114 cm³/mol. The van der Waals surface area contributed by atoms with Crippen molar-refractivity contribution >= 4 is 17.5 Å². The second-order valence-corrected chi connectivity index (χ2v) is 7.85. The van der Waals surface area contributed by atoms with Gasteiger partial charge in [0.25, 0.3) is 0 Å². The number of piperazine rings is 1. The number of carbonyl (C=O) groups excluding carboxylic acids is 1. The van der Waals surface area contributed by atoms with E-state index in [4.69, 9.17) is 16.0 Å². The van der Waals surface area contributed by atoms with Gasteiger partial charge in [0, 0.05) is 56.2 Å². The Bertz CT molecular complexity index is 998. The van der Waals surface area contributed by atoms with Gasteiger partial charge in [0.05, 0.1) is 6.20 Å². The molecule has 1 fully saturated rings. The Morgan fingerprint density at radius 3 is 2.60 bits per heavy atom. The van der Waals surface area contributed by atoms with Crippen LogP contribution in [0.15, 0.2) is 59.1 Å². The first-order valence-corrected chi connectivity index (χ1v) is 10.4. The Balaban J connectivity index is 1.24. The zero-order chi connectivity index (χ0) is 20.9. The van der Waals surface area contributed by atoms with E-state index < -0.39 is 0 Å². The van der Waals surface area contributed by atoms with Gasteiger partial charge in [-0.15, -0.1) is 0 Å². The molecule has 5 nitrogen and oxygen atoms in total. The quantitative estimate of drug-likeness (QED) is 0.584. The molecule has 0 atom stereocenters. The molecule has 0 radical (unpaired) electrons. The van der Waals surface area contributed by atoms with Crippen molar-refractivity contribution in [1.29, 1.82) is 0 Å². The van der Waals surface area contributed by atoms with Gasteiger partial charge in [-0.2, -0.15) is 0 Å². The van der Waals surface area contributed by atoms with Gasteiger partial charge in [0.1, 0.15) is 5.82 Å². The van der Waals surface area contributed by atoms with Crippen LogP contribution in [0.2, 0.25) is 5.02 Å². The third-order valence-electron chi connectivity index (χ3n) is 5.26. The fourth-order valence-corrected chi connectivity index (χ4v) is 3.81. The van der Waals surface area contributed by atoms with E-state index in [1.54, 1.807) is 18.3 Å². The minimum Gasteiger partial charge on any atom is -0.441 e. The summed E-state index contributed by atoms with van der Waals surface area (Å²) >= 11 is 6.06. The molecule has 0 aliphatic carbocycles. The van der Waals surface area contributed by atoms with Gasteiger partial charge < -0.3 is 9.32 Å². The van der Waals surface area contributed by atoms with Crippen LogP contribution in [-0.2, 0) is 17.8 Å². The highest BCUT2D eigenvalue weighted by atomic mass is 35.5. The number of aromatic nitrogens is 1. The van der Waals surface area contributed by atoms with Gasteiger partial charge in [-0.3, -0.25) is 9.69 Å². The van der Waals surface area contributed by atoms with Crippen molar-refractivity contribution < 1.29 is 13.6 Å². The minimum absolute atomic E-state index is 0.110. The van der Waals surface area contributed by atoms with Crippen LogP contribution >= 0.6 is 11.6 Å². The standard InChI is InChI=1S/C23H23ClFN3O2/c24-19-3-1-2-17(14-19)16-27-10-12-28(13-11-27)23(29)9-8-22-26-15-21(30-22)18-4-6-20(25)7-5-18/h1-7,14-15H,8-13,16H2. The second kappa shape index (κ2) is 9.41. The van der Waals surface area contributed by atoms with E-state index in [2.05, 4.69) is 16.0 Å². The number of carbonyl (C=O) groups is 1. The smallest absolute Gasteiger partial charge is 0.223 e. The molecule has 156 valence electrons. The summed E-state index contributed by atoms with van der Waals surface area (Å²) in [5, 5.41) is 0.746. The van der Waals surface area contributed by atoms with E-state index in [-0.39, 0.29) is 11.7 Å². The van der Waals surface area contributed by atoms with Gasteiger partial charge in [-0.05, 0) is 42.0 Å². The summed E-state index contributed by atoms with van der Waals surface area (Å²) in [6, 6.07) is 13.9. The average molecular weight is 428 g/mol. The summed E-state index contributed by atoms with van der Waals surface area (Å²) in [7, 11) is 0. The normalized spacial score (nSPS) is 14.8. The largest absolute Gasteiger partial charge is 0.441 e. The molecule has 7 heteroatoms. The zero-order valence-electron chi connectivity index (χ0n) is 16.6. The Labute approximate surface area is 180 Å². The molecular weight excluding hydrogens is 405 g/mol. The first-order valence-electron chi connectivity index (χ1n) is 10.0. The Kier molecular flexibility index (Phi) is 6.45. The molecule has 1 aromatic heterocycles. The third-order valence-corrected chi connectivity index (χ3v) is 5.49. The number of hydrogen-bond donors (Lipinski definition) is 0. The summed E-state index contributed by atoms with van der Waals surface area (Å²) in [5.41, 5.74) is 1.94. The van der Waals surface area contributed by atoms with Crippen LogP contribution in [0.4, 0.5) is 4.39 Å². The molecule has 3 aromatic rings. The lowest BCUT2D eigenvalue weighted by atomic mass is 10.2. The van der Waals surface area contributed by atoms with Crippen molar-refractivity contribution in [3.63, 3.8) is 0 Å². The van der Waals surface area contributed by atoms with E-state index in [9.17, 15) is 9.18 Å². The molecular formula is C23H23ClFN3O2. The maximum atomic E-state index is 13.0. The van der Waals surface area contributed by atoms with Crippen molar-refractivity contribution in [2.45, 2.75) is 19.4 Å². The van der Waals surface area contributed by atoms with Gasteiger partial charge in [-0.25, -0.2) is 9.37 Å². The highest BCUT2D eigenvalue weighted by Crippen LogP contribution is 2.21. The van der Waals surface area contributed by atoms with E-state index >= 15 is 0 Å². The summed E-state index contributed by atoms with van der Waals surface area (Å²) in [6.45, 7) is 3.95. The molecule has 0 unspecified atom stereocenters. The van der Waals surface area contributed by atoms with Crippen LogP contribution in [0.3, 0.4) is 0 Å². The number of rotatable bonds is 6. The SMILES string of the molecule is O=C(CCc1ncc(-c2ccc(F)cc2)o1)N1CCN(Cc2cccc(Cl)c2)CC1. The second-order valence-electron chi connectivity index (χ2n) is 7.41. The van der Waals surface area contributed by atoms with E-state index in [1.165, 1.54) is 17.7 Å². The Morgan fingerprint density at radius 1 is 1.10 bits per heavy atom. The highest BCUT2D eigenvalue weighted by Gasteiger charge is 2.21. The lowest BCUT2D eigenvalue weighted by molar-refractivity contribution is -0.133. The van der Waals surface area contributed by atoms with E-state index in [0.717, 1.165) is 30.2 Å². The lowest BCUT2D eigenvalue weighted by Crippen LogP contribution is -2.48. The van der Waals surface area contributed by atoms with Crippen LogP contribution in [0.25, 0.3) is 11.3 Å². The summed E-state index contributed by atoms with van der Waals surface area (Å²) in [5.74, 6) is 0.907. The summed E-state index contributed by atoms with van der Waals surface area (Å²) in [6.07, 6.45) is 2.42. The fraction of sp³-hybridized carbons (Fsp3) is 0.304. The molecule has 1 saturated heterocycles. The fourth-order valence-electron chi connectivity index (χ4n) is 3.59. The first kappa shape index (κ1) is 20.6. The van der Waals surface area contributed by atoms with Crippen molar-refractivity contribution in [1.82, 2.24) is 14.8 Å². The summed E-state index contributed by atoms with van der Waals surface area (Å²) < 4.78 is 18.8. The van der Waals surface area contributed by atoms with Gasteiger partial charge in [0.15, 0.2) is 11.7 Å². The number of hydrogen-bond acceptors (Lipinski definition) is 4. The monoisotopic (exact) mass is 427 g/mol. The number of benzene rings is 2. The third kappa shape index (κ3) is 5.26. The molecule has 0 bridgehead atoms. The Hall–Kier alpha value is -2.70. The van der Waals surface area contributed by atoms with Gasteiger partial charge in [0.2, 0.25) is 5.91 Å². The molecule has 1 aliphatic rings. The maximum Gasteiger partial charge on any atom is 0.223 e. The van der Waals surface area contributed by atoms with E-state index in [1.807, 2.05) is 23.1 Å². The molecule has 1 aliphatic heterocycles. The van der Waals surface area contributed by atoms with Crippen molar-refractivity contribution in [2.75, 3.05) is 26.2 Å². The van der Waals surface area contributed by atoms with Crippen LogP contribution < -0.4 is 0 Å². The zero-order valence-corrected chi connectivity index (χ0v) is 17.3. The molecule has 4 rings (SSSR count). The number of amides is 1. The number of aryl methyl sites for hydroxylation is 1. The van der Waals surface area contributed by atoms with Crippen molar-refractivity contribution in [3.8, 4) is 11.3 Å². The van der Waals surface area contributed by atoms with Crippen molar-refractivity contribution in [3.05, 3.63) is 77.0 Å². The first-order chi connectivity index (χ1) is 14.6. The average Bonchev–Trinajstić information content (AvgIpc) is 3.22. The molecule has 0 saturated carbocycles. The van der Waals surface area contributed by atoms with Crippen LogP contribution in [0, 0.1) is 5.82 Å². The van der Waals surface area contributed by atoms with Gasteiger partial charge >= 0.3 is 0 Å². The maximum absolute atomic E-state index is 13.0. The van der Waals surface area contributed by atoms with Crippen LogP contribution in [0.5, 0.6) is 0 Å². The summed E-state index contributed by atoms with van der Waals surface area (Å²) in [4.78, 5) is 21.1. The molecule has 2 heterocycles. The van der Waals surface area contributed by atoms with Crippen LogP contribution in [0.1, 0.15) is 17.9 Å². The number of nitrogens with zero attached hydrogens (tertiary/aromatic N) is 3. The number of halogens is 2. The van der Waals surface area contributed by atoms with Crippen LogP contribution in [-0.4, -0.2) is 46.9 Å². The predicted octanol–water partition coefficient (Wildman–Crippen LogP) is 4.41. The highest BCUT2D eigenvalue weighted by molar-refractivity contribution is 6.30.